The van der Waals surface area contributed by atoms with Crippen LogP contribution in [-0.4, -0.2) is 84.6 Å². The molecule has 0 radical (unpaired) electrons. The Morgan fingerprint density at radius 3 is 2.58 bits per heavy atom. The first kappa shape index (κ1) is 22.8. The summed E-state index contributed by atoms with van der Waals surface area (Å²) in [6.45, 7) is 3.73. The van der Waals surface area contributed by atoms with Crippen molar-refractivity contribution in [1.82, 2.24) is 25.2 Å². The molecule has 6 rings (SSSR count). The fourth-order valence-electron chi connectivity index (χ4n) is 5.45. The van der Waals surface area contributed by atoms with E-state index in [9.17, 15) is 9.59 Å². The van der Waals surface area contributed by atoms with Crippen molar-refractivity contribution in [1.29, 1.82) is 0 Å². The number of rotatable bonds is 3. The molecule has 0 bridgehead atoms. The van der Waals surface area contributed by atoms with E-state index in [1.165, 1.54) is 5.01 Å². The molecule has 186 valence electrons. The van der Waals surface area contributed by atoms with Gasteiger partial charge in [-0.05, 0) is 48.4 Å². The summed E-state index contributed by atoms with van der Waals surface area (Å²) in [5.41, 5.74) is 3.84. The number of carbonyl (C=O) groups excluding carboxylic acids is 2. The Morgan fingerprint density at radius 1 is 1.06 bits per heavy atom. The van der Waals surface area contributed by atoms with Gasteiger partial charge < -0.3 is 15.0 Å². The second kappa shape index (κ2) is 9.40. The summed E-state index contributed by atoms with van der Waals surface area (Å²) in [6, 6.07) is 17.9. The lowest BCUT2D eigenvalue weighted by atomic mass is 10.0. The maximum atomic E-state index is 13.6. The van der Waals surface area contributed by atoms with Crippen LogP contribution >= 0.6 is 0 Å². The smallest absolute Gasteiger partial charge is 0.345 e. The molecule has 4 amide bonds. The highest BCUT2D eigenvalue weighted by molar-refractivity contribution is 5.97. The van der Waals surface area contributed by atoms with Crippen molar-refractivity contribution in [2.75, 3.05) is 51.3 Å². The fourth-order valence-corrected chi connectivity index (χ4v) is 5.45. The molecule has 3 aliphatic heterocycles. The molecule has 3 saturated heterocycles. The average molecular weight is 487 g/mol. The first-order valence-corrected chi connectivity index (χ1v) is 12.5. The molecular formula is C27H30N6O3. The minimum absolute atomic E-state index is 0.134. The van der Waals surface area contributed by atoms with Gasteiger partial charge >= 0.3 is 12.1 Å². The van der Waals surface area contributed by atoms with E-state index in [0.29, 0.717) is 26.3 Å². The predicted octanol–water partition coefficient (Wildman–Crippen LogP) is 3.38. The number of benzene rings is 2. The first-order chi connectivity index (χ1) is 17.6. The van der Waals surface area contributed by atoms with Gasteiger partial charge in [-0.1, -0.05) is 30.3 Å². The Bertz CT molecular complexity index is 1270. The van der Waals surface area contributed by atoms with E-state index >= 15 is 0 Å². The molecule has 9 heteroatoms. The third kappa shape index (κ3) is 3.94. The maximum absolute atomic E-state index is 13.6. The number of hydrazine groups is 1. The number of aromatic nitrogens is 1. The third-order valence-corrected chi connectivity index (χ3v) is 7.40. The van der Waals surface area contributed by atoms with E-state index in [1.807, 2.05) is 36.4 Å². The molecule has 2 aromatic carbocycles. The number of morpholine rings is 1. The quantitative estimate of drug-likeness (QED) is 0.614. The zero-order chi connectivity index (χ0) is 24.6. The van der Waals surface area contributed by atoms with Gasteiger partial charge in [-0.2, -0.15) is 0 Å². The summed E-state index contributed by atoms with van der Waals surface area (Å²) in [7, 11) is 1.69. The summed E-state index contributed by atoms with van der Waals surface area (Å²) in [5.74, 6) is 0.134. The highest BCUT2D eigenvalue weighted by Gasteiger charge is 2.51. The van der Waals surface area contributed by atoms with E-state index in [0.717, 1.165) is 47.2 Å². The van der Waals surface area contributed by atoms with Crippen LogP contribution in [0.25, 0.3) is 22.0 Å². The molecule has 36 heavy (non-hydrogen) atoms. The van der Waals surface area contributed by atoms with Crippen LogP contribution in [0.2, 0.25) is 0 Å². The Hall–Kier alpha value is -3.69. The van der Waals surface area contributed by atoms with Crippen molar-refractivity contribution in [3.8, 4) is 11.1 Å². The summed E-state index contributed by atoms with van der Waals surface area (Å²) in [4.78, 5) is 35.2. The summed E-state index contributed by atoms with van der Waals surface area (Å²) < 4.78 is 5.43. The normalized spacial score (nSPS) is 22.6. The van der Waals surface area contributed by atoms with Crippen molar-refractivity contribution in [3.05, 3.63) is 60.8 Å². The number of nitrogens with zero attached hydrogens (tertiary/aromatic N) is 5. The highest BCUT2D eigenvalue weighted by Crippen LogP contribution is 2.36. The standard InChI is InChI=1S/C27H30N6O3/c1-30-26(34)32(25(22-10-12-28-18-22)33(30)27(35)31-13-15-36-16-14-31)23-8-6-19(7-9-23)21-5-4-20-3-2-11-29-24(20)17-21/h2-9,11,17,22,25,28H,10,12-16,18H2,1H3. The van der Waals surface area contributed by atoms with Gasteiger partial charge in [-0.25, -0.2) is 19.6 Å². The molecule has 0 saturated carbocycles. The number of carbonyl (C=O) groups is 2. The molecule has 0 aliphatic carbocycles. The van der Waals surface area contributed by atoms with Crippen molar-refractivity contribution in [3.63, 3.8) is 0 Å². The van der Waals surface area contributed by atoms with Crippen LogP contribution in [0.4, 0.5) is 15.3 Å². The van der Waals surface area contributed by atoms with Gasteiger partial charge in [0.2, 0.25) is 0 Å². The largest absolute Gasteiger partial charge is 0.378 e. The minimum Gasteiger partial charge on any atom is -0.378 e. The van der Waals surface area contributed by atoms with Crippen LogP contribution in [0.15, 0.2) is 60.8 Å². The van der Waals surface area contributed by atoms with Crippen LogP contribution in [0.1, 0.15) is 6.42 Å². The van der Waals surface area contributed by atoms with Gasteiger partial charge in [-0.3, -0.25) is 9.88 Å². The van der Waals surface area contributed by atoms with Crippen molar-refractivity contribution >= 4 is 28.7 Å². The lowest BCUT2D eigenvalue weighted by molar-refractivity contribution is 0.00566. The second-order valence-corrected chi connectivity index (χ2v) is 9.53. The van der Waals surface area contributed by atoms with Crippen LogP contribution in [0.5, 0.6) is 0 Å². The summed E-state index contributed by atoms with van der Waals surface area (Å²) in [5, 5.41) is 7.62. The lowest BCUT2D eigenvalue weighted by Gasteiger charge is -2.38. The molecule has 2 atom stereocenters. The van der Waals surface area contributed by atoms with Crippen LogP contribution in [-0.2, 0) is 4.74 Å². The number of hydrogen-bond donors (Lipinski definition) is 1. The minimum atomic E-state index is -0.386. The van der Waals surface area contributed by atoms with E-state index in [4.69, 9.17) is 4.74 Å². The molecule has 1 N–H and O–H groups in total. The molecular weight excluding hydrogens is 456 g/mol. The lowest BCUT2D eigenvalue weighted by Crippen LogP contribution is -2.56. The highest BCUT2D eigenvalue weighted by atomic mass is 16.5. The zero-order valence-electron chi connectivity index (χ0n) is 20.3. The number of hydrogen-bond acceptors (Lipinski definition) is 5. The zero-order valence-corrected chi connectivity index (χ0v) is 20.3. The number of fused-ring (bicyclic) bond motifs is 1. The van der Waals surface area contributed by atoms with Crippen LogP contribution in [0, 0.1) is 5.92 Å². The number of ether oxygens (including phenoxy) is 1. The van der Waals surface area contributed by atoms with E-state index in [1.54, 1.807) is 28.1 Å². The average Bonchev–Trinajstić information content (AvgIpc) is 3.55. The van der Waals surface area contributed by atoms with Crippen molar-refractivity contribution in [2.45, 2.75) is 12.6 Å². The number of amides is 4. The Balaban J connectivity index is 1.32. The Labute approximate surface area is 210 Å². The predicted molar refractivity (Wildman–Crippen MR) is 137 cm³/mol. The van der Waals surface area contributed by atoms with Gasteiger partial charge in [-0.15, -0.1) is 0 Å². The van der Waals surface area contributed by atoms with Gasteiger partial charge in [0.1, 0.15) is 6.17 Å². The van der Waals surface area contributed by atoms with Gasteiger partial charge in [0, 0.05) is 49.9 Å². The van der Waals surface area contributed by atoms with E-state index in [2.05, 4.69) is 28.5 Å². The van der Waals surface area contributed by atoms with Crippen molar-refractivity contribution < 1.29 is 14.3 Å². The molecule has 1 aromatic heterocycles. The molecule has 4 heterocycles. The topological polar surface area (TPSA) is 81.2 Å². The van der Waals surface area contributed by atoms with Gasteiger partial charge in [0.05, 0.1) is 18.7 Å². The summed E-state index contributed by atoms with van der Waals surface area (Å²) in [6.07, 6.45) is 2.31. The first-order valence-electron chi connectivity index (χ1n) is 12.5. The summed E-state index contributed by atoms with van der Waals surface area (Å²) >= 11 is 0. The molecule has 0 spiro atoms. The van der Waals surface area contributed by atoms with Crippen LogP contribution in [0.3, 0.4) is 0 Å². The van der Waals surface area contributed by atoms with Crippen LogP contribution < -0.4 is 10.2 Å². The molecule has 9 nitrogen and oxygen atoms in total. The number of urea groups is 2. The van der Waals surface area contributed by atoms with Crippen molar-refractivity contribution in [2.24, 2.45) is 5.92 Å². The number of pyridine rings is 1. The second-order valence-electron chi connectivity index (χ2n) is 9.53. The Kier molecular flexibility index (Phi) is 5.94. The van der Waals surface area contributed by atoms with E-state index in [-0.39, 0.29) is 24.1 Å². The number of anilines is 1. The molecule has 3 aromatic rings. The fraction of sp³-hybridized carbons (Fsp3) is 0.370. The molecule has 2 unspecified atom stereocenters. The maximum Gasteiger partial charge on any atom is 0.345 e. The van der Waals surface area contributed by atoms with Gasteiger partial charge in [0.15, 0.2) is 0 Å². The third-order valence-electron chi connectivity index (χ3n) is 7.40. The SMILES string of the molecule is CN1C(=O)N(c2ccc(-c3ccc4cccnc4c3)cc2)C(C2CCNC2)N1C(=O)N1CCOCC1. The molecule has 3 aliphatic rings. The number of nitrogens with one attached hydrogen (secondary N) is 1. The Morgan fingerprint density at radius 2 is 1.83 bits per heavy atom. The monoisotopic (exact) mass is 486 g/mol. The molecule has 3 fully saturated rings. The van der Waals surface area contributed by atoms with E-state index < -0.39 is 0 Å². The van der Waals surface area contributed by atoms with Gasteiger partial charge in [0.25, 0.3) is 0 Å².